The van der Waals surface area contributed by atoms with Crippen molar-refractivity contribution in [3.8, 4) is 0 Å². The lowest BCUT2D eigenvalue weighted by Gasteiger charge is -2.31. The van der Waals surface area contributed by atoms with E-state index >= 15 is 0 Å². The molecule has 0 unspecified atom stereocenters. The first-order valence-electron chi connectivity index (χ1n) is 4.65. The fourth-order valence-electron chi connectivity index (χ4n) is 1.60. The number of carboxylic acid groups (broad SMARTS) is 1. The van der Waals surface area contributed by atoms with Crippen molar-refractivity contribution in [2.75, 3.05) is 26.2 Å². The molecule has 76 valence electrons. The normalized spacial score (nSPS) is 23.2. The molecule has 5 heteroatoms. The Morgan fingerprint density at radius 1 is 1.69 bits per heavy atom. The van der Waals surface area contributed by atoms with E-state index in [0.717, 1.165) is 19.4 Å². The summed E-state index contributed by atoms with van der Waals surface area (Å²) >= 11 is 0. The van der Waals surface area contributed by atoms with Crippen molar-refractivity contribution < 1.29 is 9.90 Å². The molecule has 1 saturated heterocycles. The predicted molar refractivity (Wildman–Crippen MR) is 49.7 cm³/mol. The summed E-state index contributed by atoms with van der Waals surface area (Å²) in [6.07, 6.45) is 1.16. The van der Waals surface area contributed by atoms with Crippen molar-refractivity contribution in [2.24, 2.45) is 5.73 Å². The molecule has 13 heavy (non-hydrogen) atoms. The van der Waals surface area contributed by atoms with Gasteiger partial charge in [-0.05, 0) is 12.8 Å². The standard InChI is InChI=1S/C8H17N3O2/c9-3-4-10-7-2-1-5-11(6-7)8(12)13/h7,10H,1-6,9H2,(H,12,13)/t7-/m0/s1. The van der Waals surface area contributed by atoms with E-state index in [1.165, 1.54) is 4.90 Å². The lowest BCUT2D eigenvalue weighted by Crippen LogP contribution is -2.48. The first kappa shape index (κ1) is 10.3. The fraction of sp³-hybridized carbons (Fsp3) is 0.875. The summed E-state index contributed by atoms with van der Waals surface area (Å²) in [5.41, 5.74) is 5.35. The maximum Gasteiger partial charge on any atom is 0.407 e. The number of likely N-dealkylation sites (tertiary alicyclic amines) is 1. The maximum atomic E-state index is 10.6. The van der Waals surface area contributed by atoms with Crippen molar-refractivity contribution in [1.82, 2.24) is 10.2 Å². The van der Waals surface area contributed by atoms with E-state index in [-0.39, 0.29) is 6.04 Å². The number of hydrogen-bond acceptors (Lipinski definition) is 3. The minimum absolute atomic E-state index is 0.286. The zero-order chi connectivity index (χ0) is 9.68. The van der Waals surface area contributed by atoms with Gasteiger partial charge in [-0.1, -0.05) is 0 Å². The molecule has 0 saturated carbocycles. The smallest absolute Gasteiger partial charge is 0.407 e. The van der Waals surface area contributed by atoms with Gasteiger partial charge < -0.3 is 21.1 Å². The van der Waals surface area contributed by atoms with Crippen LogP contribution < -0.4 is 11.1 Å². The van der Waals surface area contributed by atoms with Gasteiger partial charge in [0.2, 0.25) is 0 Å². The van der Waals surface area contributed by atoms with Gasteiger partial charge in [0.05, 0.1) is 0 Å². The van der Waals surface area contributed by atoms with Gasteiger partial charge in [-0.2, -0.15) is 0 Å². The van der Waals surface area contributed by atoms with Gasteiger partial charge in [0.15, 0.2) is 0 Å². The predicted octanol–water partition coefficient (Wildman–Crippen LogP) is -0.323. The summed E-state index contributed by atoms with van der Waals surface area (Å²) in [6.45, 7) is 2.62. The molecule has 0 aromatic heterocycles. The summed E-state index contributed by atoms with van der Waals surface area (Å²) in [6, 6.07) is 0.286. The highest BCUT2D eigenvalue weighted by molar-refractivity contribution is 5.65. The molecule has 1 heterocycles. The van der Waals surface area contributed by atoms with Gasteiger partial charge in [0, 0.05) is 32.2 Å². The summed E-state index contributed by atoms with van der Waals surface area (Å²) in [5, 5.41) is 12.0. The minimum atomic E-state index is -0.820. The number of piperidine rings is 1. The molecule has 0 bridgehead atoms. The van der Waals surface area contributed by atoms with Crippen LogP contribution in [-0.2, 0) is 0 Å². The molecule has 1 fully saturated rings. The number of nitrogens with two attached hydrogens (primary N) is 1. The van der Waals surface area contributed by atoms with Crippen molar-refractivity contribution in [2.45, 2.75) is 18.9 Å². The van der Waals surface area contributed by atoms with Crippen LogP contribution in [0.15, 0.2) is 0 Å². The zero-order valence-corrected chi connectivity index (χ0v) is 7.70. The van der Waals surface area contributed by atoms with Crippen LogP contribution in [0.2, 0.25) is 0 Å². The number of amides is 1. The molecular weight excluding hydrogens is 170 g/mol. The van der Waals surface area contributed by atoms with Gasteiger partial charge in [0.25, 0.3) is 0 Å². The van der Waals surface area contributed by atoms with Gasteiger partial charge >= 0.3 is 6.09 Å². The molecule has 0 aromatic rings. The van der Waals surface area contributed by atoms with Crippen LogP contribution in [0.4, 0.5) is 4.79 Å². The molecule has 4 N–H and O–H groups in total. The molecule has 1 amide bonds. The molecule has 0 radical (unpaired) electrons. The number of carbonyl (C=O) groups is 1. The largest absolute Gasteiger partial charge is 0.465 e. The molecule has 1 rings (SSSR count). The highest BCUT2D eigenvalue weighted by atomic mass is 16.4. The molecule has 5 nitrogen and oxygen atoms in total. The van der Waals surface area contributed by atoms with Gasteiger partial charge in [-0.15, -0.1) is 0 Å². The van der Waals surface area contributed by atoms with Gasteiger partial charge in [-0.3, -0.25) is 0 Å². The quantitative estimate of drug-likeness (QED) is 0.565. The van der Waals surface area contributed by atoms with Crippen LogP contribution in [-0.4, -0.2) is 48.3 Å². The van der Waals surface area contributed by atoms with Crippen LogP contribution in [0.25, 0.3) is 0 Å². The van der Waals surface area contributed by atoms with Crippen LogP contribution in [0.3, 0.4) is 0 Å². The van der Waals surface area contributed by atoms with E-state index in [9.17, 15) is 4.79 Å². The molecule has 1 aliphatic rings. The average Bonchev–Trinajstić information content (AvgIpc) is 2.15. The van der Waals surface area contributed by atoms with E-state index in [1.54, 1.807) is 0 Å². The highest BCUT2D eigenvalue weighted by Gasteiger charge is 2.22. The minimum Gasteiger partial charge on any atom is -0.465 e. The second kappa shape index (κ2) is 5.04. The zero-order valence-electron chi connectivity index (χ0n) is 7.70. The van der Waals surface area contributed by atoms with Crippen LogP contribution >= 0.6 is 0 Å². The molecular formula is C8H17N3O2. The Morgan fingerprint density at radius 3 is 3.08 bits per heavy atom. The number of nitrogens with zero attached hydrogens (tertiary/aromatic N) is 1. The van der Waals surface area contributed by atoms with Crippen LogP contribution in [0.1, 0.15) is 12.8 Å². The van der Waals surface area contributed by atoms with Gasteiger partial charge in [0.1, 0.15) is 0 Å². The van der Waals surface area contributed by atoms with E-state index in [4.69, 9.17) is 10.8 Å². The second-order valence-corrected chi connectivity index (χ2v) is 3.31. The van der Waals surface area contributed by atoms with Crippen LogP contribution in [0.5, 0.6) is 0 Å². The van der Waals surface area contributed by atoms with E-state index in [1.807, 2.05) is 0 Å². The summed E-state index contributed by atoms with van der Waals surface area (Å²) in [5.74, 6) is 0. The summed E-state index contributed by atoms with van der Waals surface area (Å²) in [7, 11) is 0. The van der Waals surface area contributed by atoms with Crippen molar-refractivity contribution in [3.05, 3.63) is 0 Å². The summed E-state index contributed by atoms with van der Waals surface area (Å²) < 4.78 is 0. The number of rotatable bonds is 3. The first-order valence-corrected chi connectivity index (χ1v) is 4.65. The highest BCUT2D eigenvalue weighted by Crippen LogP contribution is 2.09. The molecule has 0 aromatic carbocycles. The average molecular weight is 187 g/mol. The Morgan fingerprint density at radius 2 is 2.46 bits per heavy atom. The number of hydrogen-bond donors (Lipinski definition) is 3. The van der Waals surface area contributed by atoms with Gasteiger partial charge in [-0.25, -0.2) is 4.79 Å². The van der Waals surface area contributed by atoms with Crippen molar-refractivity contribution in [1.29, 1.82) is 0 Å². The Bertz CT molecular complexity index is 175. The Labute approximate surface area is 77.9 Å². The lowest BCUT2D eigenvalue weighted by molar-refractivity contribution is 0.126. The third-order valence-electron chi connectivity index (χ3n) is 2.27. The first-order chi connectivity index (χ1) is 6.24. The Hall–Kier alpha value is -0.810. The second-order valence-electron chi connectivity index (χ2n) is 3.31. The molecule has 0 aliphatic carbocycles. The molecule has 0 spiro atoms. The molecule has 1 aliphatic heterocycles. The maximum absolute atomic E-state index is 10.6. The third-order valence-corrected chi connectivity index (χ3v) is 2.27. The Kier molecular flexibility index (Phi) is 3.98. The topological polar surface area (TPSA) is 78.6 Å². The Balaban J connectivity index is 2.29. The van der Waals surface area contributed by atoms with E-state index in [2.05, 4.69) is 5.32 Å². The van der Waals surface area contributed by atoms with Crippen molar-refractivity contribution >= 4 is 6.09 Å². The van der Waals surface area contributed by atoms with E-state index < -0.39 is 6.09 Å². The van der Waals surface area contributed by atoms with E-state index in [0.29, 0.717) is 19.6 Å². The monoisotopic (exact) mass is 187 g/mol. The fourth-order valence-corrected chi connectivity index (χ4v) is 1.60. The third kappa shape index (κ3) is 3.20. The summed E-state index contributed by atoms with van der Waals surface area (Å²) in [4.78, 5) is 12.1. The SMILES string of the molecule is NCCN[C@H]1CCCN(C(=O)O)C1. The molecule has 1 atom stereocenters. The number of nitrogens with one attached hydrogen (secondary N) is 1. The lowest BCUT2D eigenvalue weighted by atomic mass is 10.1. The van der Waals surface area contributed by atoms with Crippen molar-refractivity contribution in [3.63, 3.8) is 0 Å². The van der Waals surface area contributed by atoms with Crippen LogP contribution in [0, 0.1) is 0 Å².